The molecule has 6 heteroatoms. The minimum atomic E-state index is -0.356. The van der Waals surface area contributed by atoms with Crippen molar-refractivity contribution in [3.8, 4) is 11.5 Å². The van der Waals surface area contributed by atoms with Crippen molar-refractivity contribution in [2.75, 3.05) is 19.8 Å². The summed E-state index contributed by atoms with van der Waals surface area (Å²) in [7, 11) is 0. The predicted molar refractivity (Wildman–Crippen MR) is 134 cm³/mol. The number of carbonyl (C=O) groups excluding carboxylic acids is 1. The third-order valence-electron chi connectivity index (χ3n) is 6.78. The molecule has 2 aliphatic heterocycles. The van der Waals surface area contributed by atoms with E-state index in [1.165, 1.54) is 16.5 Å². The predicted octanol–water partition coefficient (Wildman–Crippen LogP) is 5.71. The molecule has 2 atom stereocenters. The number of rotatable bonds is 5. The van der Waals surface area contributed by atoms with Crippen LogP contribution in [-0.2, 0) is 11.2 Å². The highest BCUT2D eigenvalue weighted by molar-refractivity contribution is 5.87. The number of fused-ring (bicyclic) bond motifs is 3. The van der Waals surface area contributed by atoms with Crippen molar-refractivity contribution in [2.24, 2.45) is 0 Å². The van der Waals surface area contributed by atoms with E-state index in [1.807, 2.05) is 60.4 Å². The van der Waals surface area contributed by atoms with E-state index >= 15 is 0 Å². The molecule has 0 saturated carbocycles. The standard InChI is InChI=1S/C29H28N2O4/c1-18-3-8-22(9-4-18)35-29(32)31-14-13-24-25-15-19(2)5-12-26(25)30-27(24)28(31)20-6-10-21(11-7-20)33-16-23-17-34-23/h3-12,15,23,28,30H,13-14,16-17H2,1-2H3. The zero-order valence-corrected chi connectivity index (χ0v) is 19.9. The zero-order chi connectivity index (χ0) is 23.9. The topological polar surface area (TPSA) is 67.1 Å². The molecule has 6 rings (SSSR count). The molecule has 0 radical (unpaired) electrons. The van der Waals surface area contributed by atoms with Crippen LogP contribution in [0.3, 0.4) is 0 Å². The summed E-state index contributed by atoms with van der Waals surface area (Å²) in [6.07, 6.45) is 0.615. The summed E-state index contributed by atoms with van der Waals surface area (Å²) in [4.78, 5) is 18.8. The summed E-state index contributed by atoms with van der Waals surface area (Å²) in [6.45, 7) is 6.01. The summed E-state index contributed by atoms with van der Waals surface area (Å²) in [5, 5.41) is 1.22. The smallest absolute Gasteiger partial charge is 0.416 e. The van der Waals surface area contributed by atoms with Crippen LogP contribution in [0.4, 0.5) is 4.79 Å². The zero-order valence-electron chi connectivity index (χ0n) is 19.9. The van der Waals surface area contributed by atoms with Crippen LogP contribution >= 0.6 is 0 Å². The number of amides is 1. The van der Waals surface area contributed by atoms with Gasteiger partial charge in [-0.25, -0.2) is 4.79 Å². The van der Waals surface area contributed by atoms with Gasteiger partial charge in [-0.3, -0.25) is 4.90 Å². The SMILES string of the molecule is Cc1ccc(OC(=O)N2CCc3c([nH]c4ccc(C)cc34)C2c2ccc(OCC3CO3)cc2)cc1. The van der Waals surface area contributed by atoms with Crippen molar-refractivity contribution in [1.82, 2.24) is 9.88 Å². The first kappa shape index (κ1) is 21.7. The fourth-order valence-corrected chi connectivity index (χ4v) is 4.81. The summed E-state index contributed by atoms with van der Waals surface area (Å²) < 4.78 is 16.9. The minimum absolute atomic E-state index is 0.206. The third kappa shape index (κ3) is 4.37. The van der Waals surface area contributed by atoms with Crippen molar-refractivity contribution < 1.29 is 19.0 Å². The maximum atomic E-state index is 13.4. The second-order valence-electron chi connectivity index (χ2n) is 9.43. The van der Waals surface area contributed by atoms with E-state index in [4.69, 9.17) is 14.2 Å². The first-order valence-electron chi connectivity index (χ1n) is 12.1. The van der Waals surface area contributed by atoms with E-state index in [1.54, 1.807) is 0 Å². The van der Waals surface area contributed by atoms with Gasteiger partial charge in [0.1, 0.15) is 30.3 Å². The van der Waals surface area contributed by atoms with Crippen LogP contribution in [0.15, 0.2) is 66.7 Å². The van der Waals surface area contributed by atoms with Gasteiger partial charge >= 0.3 is 6.09 Å². The molecule has 3 heterocycles. The van der Waals surface area contributed by atoms with Gasteiger partial charge in [-0.05, 0) is 67.8 Å². The maximum Gasteiger partial charge on any atom is 0.416 e. The number of H-pyrrole nitrogens is 1. The second-order valence-corrected chi connectivity index (χ2v) is 9.43. The van der Waals surface area contributed by atoms with E-state index in [0.29, 0.717) is 18.9 Å². The molecule has 1 fully saturated rings. The molecule has 1 amide bonds. The highest BCUT2D eigenvalue weighted by atomic mass is 16.6. The number of ether oxygens (including phenoxy) is 3. The number of aromatic amines is 1. The van der Waals surface area contributed by atoms with Crippen LogP contribution in [-0.4, -0.2) is 41.8 Å². The number of hydrogen-bond acceptors (Lipinski definition) is 4. The van der Waals surface area contributed by atoms with Gasteiger partial charge in [0.15, 0.2) is 0 Å². The highest BCUT2D eigenvalue weighted by Gasteiger charge is 2.35. The molecule has 0 bridgehead atoms. The number of epoxide rings is 1. The number of nitrogens with one attached hydrogen (secondary N) is 1. The first-order valence-corrected chi connectivity index (χ1v) is 12.1. The molecule has 35 heavy (non-hydrogen) atoms. The molecule has 2 unspecified atom stereocenters. The lowest BCUT2D eigenvalue weighted by molar-refractivity contribution is 0.135. The van der Waals surface area contributed by atoms with E-state index in [2.05, 4.69) is 30.1 Å². The lowest BCUT2D eigenvalue weighted by atomic mass is 9.92. The van der Waals surface area contributed by atoms with Gasteiger partial charge in [0.05, 0.1) is 6.61 Å². The Hall–Kier alpha value is -3.77. The third-order valence-corrected chi connectivity index (χ3v) is 6.78. The molecule has 4 aromatic rings. The number of aryl methyl sites for hydroxylation is 2. The summed E-state index contributed by atoms with van der Waals surface area (Å²) in [6, 6.07) is 21.7. The number of aromatic nitrogens is 1. The molecule has 2 aliphatic rings. The van der Waals surface area contributed by atoms with Crippen molar-refractivity contribution in [1.29, 1.82) is 0 Å². The van der Waals surface area contributed by atoms with Gasteiger partial charge in [0.25, 0.3) is 0 Å². The van der Waals surface area contributed by atoms with Crippen molar-refractivity contribution in [2.45, 2.75) is 32.4 Å². The lowest BCUT2D eigenvalue weighted by Gasteiger charge is -2.35. The fraction of sp³-hybridized carbons (Fsp3) is 0.276. The van der Waals surface area contributed by atoms with Gasteiger partial charge < -0.3 is 19.2 Å². The maximum absolute atomic E-state index is 13.4. The van der Waals surface area contributed by atoms with Gasteiger partial charge in [-0.15, -0.1) is 0 Å². The fourth-order valence-electron chi connectivity index (χ4n) is 4.81. The molecule has 1 N–H and O–H groups in total. The Labute approximate surface area is 204 Å². The van der Waals surface area contributed by atoms with Crippen LogP contribution in [0.2, 0.25) is 0 Å². The van der Waals surface area contributed by atoms with Crippen molar-refractivity contribution >= 4 is 17.0 Å². The van der Waals surface area contributed by atoms with Crippen LogP contribution in [0.25, 0.3) is 10.9 Å². The average molecular weight is 469 g/mol. The lowest BCUT2D eigenvalue weighted by Crippen LogP contribution is -2.42. The van der Waals surface area contributed by atoms with Crippen LogP contribution < -0.4 is 9.47 Å². The Morgan fingerprint density at radius 1 is 1.00 bits per heavy atom. The largest absolute Gasteiger partial charge is 0.491 e. The molecular formula is C29H28N2O4. The Balaban J connectivity index is 1.35. The minimum Gasteiger partial charge on any atom is -0.491 e. The molecule has 178 valence electrons. The van der Waals surface area contributed by atoms with Gasteiger partial charge in [-0.1, -0.05) is 41.5 Å². The van der Waals surface area contributed by atoms with Gasteiger partial charge in [-0.2, -0.15) is 0 Å². The van der Waals surface area contributed by atoms with Crippen molar-refractivity contribution in [3.63, 3.8) is 0 Å². The number of carbonyl (C=O) groups is 1. The van der Waals surface area contributed by atoms with E-state index in [9.17, 15) is 4.79 Å². The Morgan fingerprint density at radius 3 is 2.46 bits per heavy atom. The number of benzene rings is 3. The molecule has 6 nitrogen and oxygen atoms in total. The monoisotopic (exact) mass is 468 g/mol. The normalized spacial score (nSPS) is 18.9. The molecule has 1 saturated heterocycles. The quantitative estimate of drug-likeness (QED) is 0.381. The summed E-state index contributed by atoms with van der Waals surface area (Å²) >= 11 is 0. The average Bonchev–Trinajstić information content (AvgIpc) is 3.63. The molecule has 3 aromatic carbocycles. The van der Waals surface area contributed by atoms with E-state index in [-0.39, 0.29) is 18.2 Å². The van der Waals surface area contributed by atoms with E-state index in [0.717, 1.165) is 41.1 Å². The van der Waals surface area contributed by atoms with Crippen molar-refractivity contribution in [3.05, 3.63) is 94.7 Å². The molecule has 0 spiro atoms. The molecule has 1 aromatic heterocycles. The van der Waals surface area contributed by atoms with Gasteiger partial charge in [0.2, 0.25) is 0 Å². The number of hydrogen-bond donors (Lipinski definition) is 1. The Morgan fingerprint density at radius 2 is 1.71 bits per heavy atom. The number of nitrogens with zero attached hydrogens (tertiary/aromatic N) is 1. The first-order chi connectivity index (χ1) is 17.0. The van der Waals surface area contributed by atoms with Crippen LogP contribution in [0, 0.1) is 13.8 Å². The second kappa shape index (κ2) is 8.78. The Kier molecular flexibility index (Phi) is 5.46. The van der Waals surface area contributed by atoms with Crippen LogP contribution in [0.1, 0.15) is 34.0 Å². The summed E-state index contributed by atoms with van der Waals surface area (Å²) in [5.41, 5.74) is 6.73. The summed E-state index contributed by atoms with van der Waals surface area (Å²) in [5.74, 6) is 1.34. The van der Waals surface area contributed by atoms with Gasteiger partial charge in [0, 0.05) is 23.1 Å². The van der Waals surface area contributed by atoms with Crippen LogP contribution in [0.5, 0.6) is 11.5 Å². The highest BCUT2D eigenvalue weighted by Crippen LogP contribution is 2.39. The molecule has 0 aliphatic carbocycles. The van der Waals surface area contributed by atoms with E-state index < -0.39 is 0 Å². The molecular weight excluding hydrogens is 440 g/mol. The Bertz CT molecular complexity index is 1370.